The molecule has 1 aliphatic heterocycles. The molecule has 1 aliphatic rings. The minimum absolute atomic E-state index is 0.366. The Morgan fingerprint density at radius 1 is 1.10 bits per heavy atom. The van der Waals surface area contributed by atoms with Gasteiger partial charge < -0.3 is 10.0 Å². The van der Waals surface area contributed by atoms with Crippen LogP contribution in [-0.4, -0.2) is 29.6 Å². The SMILES string of the molecule is Cc1cc(C)cc(C(O)CN2CCCC(C)(C)CC2)c1. The molecular weight excluding hydrogens is 246 g/mol. The van der Waals surface area contributed by atoms with Crippen LogP contribution in [0.1, 0.15) is 55.9 Å². The fourth-order valence-corrected chi connectivity index (χ4v) is 3.21. The van der Waals surface area contributed by atoms with Crippen molar-refractivity contribution < 1.29 is 5.11 Å². The molecule has 2 nitrogen and oxygen atoms in total. The van der Waals surface area contributed by atoms with Gasteiger partial charge in [-0.2, -0.15) is 0 Å². The molecule has 0 amide bonds. The predicted octanol–water partition coefficient (Wildman–Crippen LogP) is 3.85. The molecule has 0 aromatic heterocycles. The molecule has 2 heteroatoms. The lowest BCUT2D eigenvalue weighted by Gasteiger charge is -2.25. The van der Waals surface area contributed by atoms with Gasteiger partial charge in [-0.3, -0.25) is 0 Å². The molecule has 1 atom stereocenters. The first-order valence-electron chi connectivity index (χ1n) is 7.84. The molecule has 1 unspecified atom stereocenters. The first kappa shape index (κ1) is 15.5. The fraction of sp³-hybridized carbons (Fsp3) is 0.667. The zero-order valence-corrected chi connectivity index (χ0v) is 13.4. The number of aliphatic hydroxyl groups is 1. The average molecular weight is 275 g/mol. The second kappa shape index (κ2) is 6.28. The van der Waals surface area contributed by atoms with E-state index in [9.17, 15) is 5.11 Å². The highest BCUT2D eigenvalue weighted by Crippen LogP contribution is 2.30. The van der Waals surface area contributed by atoms with E-state index < -0.39 is 0 Å². The Balaban J connectivity index is 1.98. The second-order valence-electron chi connectivity index (χ2n) is 7.26. The van der Waals surface area contributed by atoms with Crippen LogP contribution in [0.25, 0.3) is 0 Å². The van der Waals surface area contributed by atoms with Crippen molar-refractivity contribution in [3.63, 3.8) is 0 Å². The number of likely N-dealkylation sites (tertiary alicyclic amines) is 1. The normalized spacial score (nSPS) is 21.4. The summed E-state index contributed by atoms with van der Waals surface area (Å²) >= 11 is 0. The zero-order valence-electron chi connectivity index (χ0n) is 13.4. The van der Waals surface area contributed by atoms with Crippen LogP contribution in [0.5, 0.6) is 0 Å². The summed E-state index contributed by atoms with van der Waals surface area (Å²) in [4.78, 5) is 2.43. The van der Waals surface area contributed by atoms with Crippen molar-refractivity contribution in [1.29, 1.82) is 0 Å². The quantitative estimate of drug-likeness (QED) is 0.905. The van der Waals surface area contributed by atoms with Gasteiger partial charge in [0, 0.05) is 6.54 Å². The summed E-state index contributed by atoms with van der Waals surface area (Å²) in [5.74, 6) is 0. The summed E-state index contributed by atoms with van der Waals surface area (Å²) in [5, 5.41) is 10.5. The molecule has 2 rings (SSSR count). The van der Waals surface area contributed by atoms with Crippen LogP contribution in [0.15, 0.2) is 18.2 Å². The Morgan fingerprint density at radius 3 is 2.40 bits per heavy atom. The number of hydrogen-bond donors (Lipinski definition) is 1. The van der Waals surface area contributed by atoms with Crippen LogP contribution in [0.3, 0.4) is 0 Å². The number of β-amino-alcohol motifs (C(OH)–C–C–N with tert-alkyl or cyclic N) is 1. The van der Waals surface area contributed by atoms with Gasteiger partial charge in [0.1, 0.15) is 0 Å². The molecule has 1 fully saturated rings. The van der Waals surface area contributed by atoms with Crippen LogP contribution in [0, 0.1) is 19.3 Å². The van der Waals surface area contributed by atoms with E-state index in [0.29, 0.717) is 5.41 Å². The van der Waals surface area contributed by atoms with E-state index in [1.807, 2.05) is 0 Å². The number of aliphatic hydroxyl groups excluding tert-OH is 1. The molecule has 0 bridgehead atoms. The molecular formula is C18H29NO. The van der Waals surface area contributed by atoms with E-state index in [2.05, 4.69) is 50.8 Å². The molecule has 1 saturated heterocycles. The molecule has 1 N–H and O–H groups in total. The van der Waals surface area contributed by atoms with Gasteiger partial charge in [-0.25, -0.2) is 0 Å². The Morgan fingerprint density at radius 2 is 1.75 bits per heavy atom. The standard InChI is InChI=1S/C18H29NO/c1-14-10-15(2)12-16(11-14)17(20)13-19-8-5-6-18(3,4)7-9-19/h10-12,17,20H,5-9,13H2,1-4H3. The first-order valence-corrected chi connectivity index (χ1v) is 7.84. The summed E-state index contributed by atoms with van der Waals surface area (Å²) in [6.07, 6.45) is 3.40. The summed E-state index contributed by atoms with van der Waals surface area (Å²) in [6.45, 7) is 11.9. The monoisotopic (exact) mass is 275 g/mol. The topological polar surface area (TPSA) is 23.5 Å². The molecule has 1 aromatic rings. The number of rotatable bonds is 3. The number of benzene rings is 1. The minimum Gasteiger partial charge on any atom is -0.387 e. The van der Waals surface area contributed by atoms with E-state index in [4.69, 9.17) is 0 Å². The second-order valence-corrected chi connectivity index (χ2v) is 7.26. The van der Waals surface area contributed by atoms with Gasteiger partial charge in [0.2, 0.25) is 0 Å². The lowest BCUT2D eigenvalue weighted by molar-refractivity contribution is 0.113. The predicted molar refractivity (Wildman–Crippen MR) is 84.9 cm³/mol. The van der Waals surface area contributed by atoms with Crippen LogP contribution in [-0.2, 0) is 0 Å². The molecule has 1 aromatic carbocycles. The molecule has 0 radical (unpaired) electrons. The van der Waals surface area contributed by atoms with Gasteiger partial charge >= 0.3 is 0 Å². The average Bonchev–Trinajstić information content (AvgIpc) is 2.50. The highest BCUT2D eigenvalue weighted by atomic mass is 16.3. The zero-order chi connectivity index (χ0) is 14.8. The van der Waals surface area contributed by atoms with Crippen LogP contribution in [0.4, 0.5) is 0 Å². The molecule has 0 spiro atoms. The highest BCUT2D eigenvalue weighted by molar-refractivity contribution is 5.30. The lowest BCUT2D eigenvalue weighted by Crippen LogP contribution is -2.30. The summed E-state index contributed by atoms with van der Waals surface area (Å²) in [7, 11) is 0. The maximum atomic E-state index is 10.5. The largest absolute Gasteiger partial charge is 0.387 e. The Hall–Kier alpha value is -0.860. The van der Waals surface area contributed by atoms with E-state index in [1.54, 1.807) is 0 Å². The molecule has 112 valence electrons. The van der Waals surface area contributed by atoms with E-state index >= 15 is 0 Å². The van der Waals surface area contributed by atoms with Crippen LogP contribution < -0.4 is 0 Å². The molecule has 0 aliphatic carbocycles. The Kier molecular flexibility index (Phi) is 4.87. The number of nitrogens with zero attached hydrogens (tertiary/aromatic N) is 1. The van der Waals surface area contributed by atoms with Gasteiger partial charge in [0.05, 0.1) is 6.10 Å². The third-order valence-corrected chi connectivity index (χ3v) is 4.49. The summed E-state index contributed by atoms with van der Waals surface area (Å²) in [6, 6.07) is 6.38. The fourth-order valence-electron chi connectivity index (χ4n) is 3.21. The number of hydrogen-bond acceptors (Lipinski definition) is 2. The van der Waals surface area contributed by atoms with Gasteiger partial charge in [-0.15, -0.1) is 0 Å². The minimum atomic E-state index is -0.366. The van der Waals surface area contributed by atoms with Crippen molar-refractivity contribution in [3.8, 4) is 0 Å². The van der Waals surface area contributed by atoms with Crippen molar-refractivity contribution in [1.82, 2.24) is 4.90 Å². The van der Waals surface area contributed by atoms with Crippen molar-refractivity contribution in [2.24, 2.45) is 5.41 Å². The van der Waals surface area contributed by atoms with Gasteiger partial charge in [-0.1, -0.05) is 43.2 Å². The smallest absolute Gasteiger partial charge is 0.0917 e. The van der Waals surface area contributed by atoms with Crippen LogP contribution in [0.2, 0.25) is 0 Å². The molecule has 20 heavy (non-hydrogen) atoms. The third kappa shape index (κ3) is 4.32. The Labute approximate surface area is 123 Å². The molecule has 1 heterocycles. The van der Waals surface area contributed by atoms with Crippen molar-refractivity contribution in [3.05, 3.63) is 34.9 Å². The maximum Gasteiger partial charge on any atom is 0.0917 e. The van der Waals surface area contributed by atoms with E-state index in [0.717, 1.165) is 25.2 Å². The molecule has 0 saturated carbocycles. The summed E-state index contributed by atoms with van der Waals surface area (Å²) < 4.78 is 0. The summed E-state index contributed by atoms with van der Waals surface area (Å²) in [5.41, 5.74) is 3.98. The van der Waals surface area contributed by atoms with E-state index in [1.165, 1.54) is 30.4 Å². The van der Waals surface area contributed by atoms with Gasteiger partial charge in [0.25, 0.3) is 0 Å². The van der Waals surface area contributed by atoms with Gasteiger partial charge in [0.15, 0.2) is 0 Å². The first-order chi connectivity index (χ1) is 9.35. The maximum absolute atomic E-state index is 10.5. The third-order valence-electron chi connectivity index (χ3n) is 4.49. The highest BCUT2D eigenvalue weighted by Gasteiger charge is 2.24. The van der Waals surface area contributed by atoms with Crippen molar-refractivity contribution >= 4 is 0 Å². The Bertz CT molecular complexity index is 432. The van der Waals surface area contributed by atoms with Gasteiger partial charge in [-0.05, 0) is 57.2 Å². The lowest BCUT2D eigenvalue weighted by atomic mass is 9.85. The van der Waals surface area contributed by atoms with Crippen molar-refractivity contribution in [2.75, 3.05) is 19.6 Å². The van der Waals surface area contributed by atoms with Crippen LogP contribution >= 0.6 is 0 Å². The van der Waals surface area contributed by atoms with E-state index in [-0.39, 0.29) is 6.10 Å². The van der Waals surface area contributed by atoms with Crippen molar-refractivity contribution in [2.45, 2.75) is 53.1 Å². The number of aryl methyl sites for hydroxylation is 2.